The van der Waals surface area contributed by atoms with Gasteiger partial charge in [-0.15, -0.1) is 0 Å². The molecule has 2 amide bonds. The van der Waals surface area contributed by atoms with Crippen molar-refractivity contribution >= 4 is 23.7 Å². The van der Waals surface area contributed by atoms with Gasteiger partial charge in [-0.2, -0.15) is 0 Å². The summed E-state index contributed by atoms with van der Waals surface area (Å²) in [5, 5.41) is 25.9. The second kappa shape index (κ2) is 16.4. The first-order chi connectivity index (χ1) is 23.7. The van der Waals surface area contributed by atoms with Crippen LogP contribution in [0.5, 0.6) is 5.75 Å². The normalized spacial score (nSPS) is 15.7. The number of hydrogen-bond donors (Lipinski definition) is 6. The highest BCUT2D eigenvalue weighted by Gasteiger charge is 2.35. The van der Waals surface area contributed by atoms with Crippen molar-refractivity contribution in [3.05, 3.63) is 137 Å². The molecule has 11 nitrogen and oxygen atoms in total. The number of phenolic OH excluding ortho intramolecular Hbond substituents is 1. The number of benzene rings is 4. The van der Waals surface area contributed by atoms with Gasteiger partial charge < -0.3 is 37.2 Å². The van der Waals surface area contributed by atoms with Gasteiger partial charge >= 0.3 is 5.97 Å². The van der Waals surface area contributed by atoms with Crippen LogP contribution in [0, 0.1) is 0 Å². The fourth-order valence-electron chi connectivity index (χ4n) is 6.15. The molecule has 0 spiro atoms. The van der Waals surface area contributed by atoms with E-state index in [0.717, 1.165) is 27.8 Å². The quantitative estimate of drug-likeness (QED) is 0.0879. The smallest absolute Gasteiger partial charge is 0.326 e. The number of guanidine groups is 1. The molecule has 1 heterocycles. The number of carbonyl (C=O) groups is 3. The second-order valence-electron chi connectivity index (χ2n) is 12.3. The molecular weight excluding hydrogens is 620 g/mol. The molecule has 0 bridgehead atoms. The Kier molecular flexibility index (Phi) is 11.6. The Bertz CT molecular complexity index is 1750. The van der Waals surface area contributed by atoms with E-state index in [4.69, 9.17) is 11.5 Å². The van der Waals surface area contributed by atoms with Gasteiger partial charge in [-0.05, 0) is 52.8 Å². The SMILES string of the molecule is NC(N)=N[C@@H](Cc1ccc(O)cc1)C(=O)N1Cc2ccccc2C[C@H]1CN[C@@H](Cc1ccccc1)C(=O)N[C@@H](Cc1ccccc1)C(=O)O. The Morgan fingerprint density at radius 3 is 1.90 bits per heavy atom. The number of phenols is 1. The third kappa shape index (κ3) is 9.68. The van der Waals surface area contributed by atoms with Gasteiger partial charge in [0.05, 0.1) is 6.04 Å². The number of fused-ring (bicyclic) bond motifs is 1. The van der Waals surface area contributed by atoms with Crippen molar-refractivity contribution in [2.24, 2.45) is 16.5 Å². The predicted octanol–water partition coefficient (Wildman–Crippen LogP) is 2.54. The molecular formula is C38H42N6O5. The van der Waals surface area contributed by atoms with Crippen LogP contribution in [0.15, 0.2) is 114 Å². The molecule has 4 aromatic rings. The maximum atomic E-state index is 14.3. The van der Waals surface area contributed by atoms with Crippen LogP contribution < -0.4 is 22.1 Å². The number of carbonyl (C=O) groups excluding carboxylic acids is 2. The first-order valence-electron chi connectivity index (χ1n) is 16.2. The highest BCUT2D eigenvalue weighted by Crippen LogP contribution is 2.25. The average molecular weight is 663 g/mol. The van der Waals surface area contributed by atoms with E-state index in [9.17, 15) is 24.6 Å². The van der Waals surface area contributed by atoms with Crippen LogP contribution in [0.1, 0.15) is 27.8 Å². The molecule has 11 heteroatoms. The van der Waals surface area contributed by atoms with Crippen molar-refractivity contribution < 1.29 is 24.6 Å². The molecule has 5 rings (SSSR count). The number of aliphatic imine (C=N–C) groups is 1. The number of nitrogens with one attached hydrogen (secondary N) is 2. The fourth-order valence-corrected chi connectivity index (χ4v) is 6.15. The van der Waals surface area contributed by atoms with Gasteiger partial charge in [0.25, 0.3) is 0 Å². The monoisotopic (exact) mass is 662 g/mol. The molecule has 1 aliphatic heterocycles. The number of carboxylic acid groups (broad SMARTS) is 1. The van der Waals surface area contributed by atoms with Crippen molar-refractivity contribution in [3.63, 3.8) is 0 Å². The standard InChI is InChI=1S/C38H42N6O5/c39-38(40)43-33(20-27-15-17-31(45)18-16-27)36(47)44-24-29-14-8-7-13-28(29)22-30(44)23-41-32(19-25-9-3-1-4-10-25)35(46)42-34(37(48)49)21-26-11-5-2-6-12-26/h1-18,30,32-34,41,45H,19-24H2,(H,42,46)(H,48,49)(H4,39,40,43)/t30-,32-,33-,34-/m0/s1. The van der Waals surface area contributed by atoms with E-state index in [1.807, 2.05) is 84.9 Å². The molecule has 0 saturated heterocycles. The summed E-state index contributed by atoms with van der Waals surface area (Å²) in [4.78, 5) is 46.4. The molecule has 0 radical (unpaired) electrons. The highest BCUT2D eigenvalue weighted by atomic mass is 16.4. The third-order valence-corrected chi connectivity index (χ3v) is 8.69. The molecule has 254 valence electrons. The lowest BCUT2D eigenvalue weighted by Crippen LogP contribution is -2.57. The maximum absolute atomic E-state index is 14.3. The van der Waals surface area contributed by atoms with E-state index < -0.39 is 30.0 Å². The summed E-state index contributed by atoms with van der Waals surface area (Å²) in [6.07, 6.45) is 1.17. The van der Waals surface area contributed by atoms with Gasteiger partial charge in [-0.1, -0.05) is 97.1 Å². The summed E-state index contributed by atoms with van der Waals surface area (Å²) in [6.45, 7) is 0.566. The molecule has 0 fully saturated rings. The van der Waals surface area contributed by atoms with Crippen LogP contribution in [0.25, 0.3) is 0 Å². The van der Waals surface area contributed by atoms with E-state index in [1.165, 1.54) is 0 Å². The lowest BCUT2D eigenvalue weighted by Gasteiger charge is -2.39. The number of rotatable bonds is 14. The number of hydrogen-bond acceptors (Lipinski definition) is 6. The van der Waals surface area contributed by atoms with E-state index >= 15 is 0 Å². The van der Waals surface area contributed by atoms with Crippen LogP contribution in [0.4, 0.5) is 0 Å². The number of aromatic hydroxyl groups is 1. The summed E-state index contributed by atoms with van der Waals surface area (Å²) >= 11 is 0. The average Bonchev–Trinajstić information content (AvgIpc) is 3.10. The van der Waals surface area contributed by atoms with Crippen molar-refractivity contribution in [2.75, 3.05) is 6.54 Å². The van der Waals surface area contributed by atoms with Gasteiger partial charge in [0.1, 0.15) is 17.8 Å². The van der Waals surface area contributed by atoms with Gasteiger partial charge in [-0.25, -0.2) is 9.79 Å². The number of aliphatic carboxylic acids is 1. The van der Waals surface area contributed by atoms with Gasteiger partial charge in [-0.3, -0.25) is 9.59 Å². The zero-order valence-corrected chi connectivity index (χ0v) is 27.1. The van der Waals surface area contributed by atoms with Crippen molar-refractivity contribution in [2.45, 2.75) is 56.4 Å². The summed E-state index contributed by atoms with van der Waals surface area (Å²) < 4.78 is 0. The van der Waals surface area contributed by atoms with Crippen molar-refractivity contribution in [3.8, 4) is 5.75 Å². The molecule has 49 heavy (non-hydrogen) atoms. The van der Waals surface area contributed by atoms with Crippen molar-refractivity contribution in [1.82, 2.24) is 15.5 Å². The highest BCUT2D eigenvalue weighted by molar-refractivity contribution is 5.88. The Labute approximate surface area is 285 Å². The number of nitrogens with zero attached hydrogens (tertiary/aromatic N) is 2. The fraction of sp³-hybridized carbons (Fsp3) is 0.263. The van der Waals surface area contributed by atoms with Gasteiger partial charge in [0.15, 0.2) is 5.96 Å². The Morgan fingerprint density at radius 2 is 1.31 bits per heavy atom. The minimum atomic E-state index is -1.13. The summed E-state index contributed by atoms with van der Waals surface area (Å²) in [6, 6.07) is 29.9. The largest absolute Gasteiger partial charge is 0.508 e. The molecule has 0 aliphatic carbocycles. The summed E-state index contributed by atoms with van der Waals surface area (Å²) in [5.41, 5.74) is 16.1. The molecule has 0 unspecified atom stereocenters. The van der Waals surface area contributed by atoms with E-state index in [0.29, 0.717) is 19.4 Å². The predicted molar refractivity (Wildman–Crippen MR) is 188 cm³/mol. The number of nitrogens with two attached hydrogens (primary N) is 2. The second-order valence-corrected chi connectivity index (χ2v) is 12.3. The zero-order chi connectivity index (χ0) is 34.8. The maximum Gasteiger partial charge on any atom is 0.326 e. The lowest BCUT2D eigenvalue weighted by atomic mass is 9.92. The van der Waals surface area contributed by atoms with Crippen LogP contribution in [-0.2, 0) is 46.6 Å². The third-order valence-electron chi connectivity index (χ3n) is 8.69. The Hall–Kier alpha value is -5.68. The molecule has 4 atom stereocenters. The van der Waals surface area contributed by atoms with Crippen molar-refractivity contribution in [1.29, 1.82) is 0 Å². The first kappa shape index (κ1) is 34.6. The van der Waals surface area contributed by atoms with Crippen LogP contribution in [-0.4, -0.2) is 69.6 Å². The molecule has 0 aromatic heterocycles. The Balaban J connectivity index is 1.39. The summed E-state index contributed by atoms with van der Waals surface area (Å²) in [5.74, 6) is -1.97. The molecule has 1 aliphatic rings. The molecule has 0 saturated carbocycles. The first-order valence-corrected chi connectivity index (χ1v) is 16.2. The molecule has 8 N–H and O–H groups in total. The van der Waals surface area contributed by atoms with Gasteiger partial charge in [0, 0.05) is 32.0 Å². The summed E-state index contributed by atoms with van der Waals surface area (Å²) in [7, 11) is 0. The van der Waals surface area contributed by atoms with Crippen LogP contribution in [0.3, 0.4) is 0 Å². The topological polar surface area (TPSA) is 183 Å². The minimum absolute atomic E-state index is 0.107. The number of amides is 2. The molecule has 4 aromatic carbocycles. The zero-order valence-electron chi connectivity index (χ0n) is 27.1. The minimum Gasteiger partial charge on any atom is -0.508 e. The number of carboxylic acids is 1. The van der Waals surface area contributed by atoms with E-state index in [-0.39, 0.29) is 43.0 Å². The lowest BCUT2D eigenvalue weighted by molar-refractivity contribution is -0.142. The Morgan fingerprint density at radius 1 is 0.755 bits per heavy atom. The van der Waals surface area contributed by atoms with E-state index in [2.05, 4.69) is 15.6 Å². The van der Waals surface area contributed by atoms with Gasteiger partial charge in [0.2, 0.25) is 11.8 Å². The van der Waals surface area contributed by atoms with E-state index in [1.54, 1.807) is 29.2 Å². The van der Waals surface area contributed by atoms with Crippen LogP contribution >= 0.6 is 0 Å². The van der Waals surface area contributed by atoms with Crippen LogP contribution in [0.2, 0.25) is 0 Å².